The molecule has 0 saturated heterocycles. The molecular formula is C16H16BrCl2NO. The molecule has 2 rings (SSSR count). The number of nitrogens with two attached hydrogens (primary N) is 1. The molecule has 2 aromatic rings. The van der Waals surface area contributed by atoms with Crippen molar-refractivity contribution in [2.45, 2.75) is 25.8 Å². The third kappa shape index (κ3) is 4.62. The lowest BCUT2D eigenvalue weighted by Crippen LogP contribution is -2.21. The average molecular weight is 389 g/mol. The summed E-state index contributed by atoms with van der Waals surface area (Å²) in [6, 6.07) is 11.3. The van der Waals surface area contributed by atoms with Crippen LogP contribution in [0, 0.1) is 0 Å². The first-order valence-corrected chi connectivity index (χ1v) is 8.21. The first kappa shape index (κ1) is 16.6. The van der Waals surface area contributed by atoms with E-state index in [1.54, 1.807) is 12.1 Å². The van der Waals surface area contributed by atoms with Crippen molar-refractivity contribution in [2.75, 3.05) is 0 Å². The van der Waals surface area contributed by atoms with E-state index in [-0.39, 0.29) is 6.04 Å². The SMILES string of the molecule is CCC(N)Cc1ccc(Oc2ccc(Br)cc2Cl)c(Cl)c1. The maximum absolute atomic E-state index is 6.27. The first-order valence-electron chi connectivity index (χ1n) is 6.66. The Balaban J connectivity index is 2.17. The van der Waals surface area contributed by atoms with Gasteiger partial charge in [0.05, 0.1) is 10.0 Å². The summed E-state index contributed by atoms with van der Waals surface area (Å²) in [5.41, 5.74) is 7.06. The summed E-state index contributed by atoms with van der Waals surface area (Å²) in [6.07, 6.45) is 1.74. The molecule has 0 aliphatic carbocycles. The highest BCUT2D eigenvalue weighted by Crippen LogP contribution is 2.35. The minimum absolute atomic E-state index is 0.147. The molecular weight excluding hydrogens is 373 g/mol. The van der Waals surface area contributed by atoms with Crippen LogP contribution in [-0.4, -0.2) is 6.04 Å². The Morgan fingerprint density at radius 2 is 1.71 bits per heavy atom. The lowest BCUT2D eigenvalue weighted by atomic mass is 10.0. The molecule has 0 heterocycles. The number of benzene rings is 2. The zero-order valence-corrected chi connectivity index (χ0v) is 14.7. The largest absolute Gasteiger partial charge is 0.454 e. The van der Waals surface area contributed by atoms with Crippen molar-refractivity contribution in [3.63, 3.8) is 0 Å². The fourth-order valence-corrected chi connectivity index (χ4v) is 2.83. The molecule has 112 valence electrons. The van der Waals surface area contributed by atoms with Gasteiger partial charge in [-0.15, -0.1) is 0 Å². The second-order valence-corrected chi connectivity index (χ2v) is 6.54. The normalized spacial score (nSPS) is 12.2. The van der Waals surface area contributed by atoms with Crippen LogP contribution in [0.3, 0.4) is 0 Å². The summed E-state index contributed by atoms with van der Waals surface area (Å²) in [4.78, 5) is 0. The van der Waals surface area contributed by atoms with Gasteiger partial charge < -0.3 is 10.5 Å². The van der Waals surface area contributed by atoms with E-state index in [9.17, 15) is 0 Å². The number of hydrogen-bond donors (Lipinski definition) is 1. The number of rotatable bonds is 5. The fraction of sp³-hybridized carbons (Fsp3) is 0.250. The molecule has 5 heteroatoms. The predicted octanol–water partition coefficient (Wildman–Crippen LogP) is 5.83. The van der Waals surface area contributed by atoms with E-state index in [1.807, 2.05) is 24.3 Å². The summed E-state index contributed by atoms with van der Waals surface area (Å²) >= 11 is 15.8. The Bertz CT molecular complexity index is 634. The van der Waals surface area contributed by atoms with Gasteiger partial charge in [-0.3, -0.25) is 0 Å². The van der Waals surface area contributed by atoms with Gasteiger partial charge in [0.15, 0.2) is 0 Å². The highest BCUT2D eigenvalue weighted by Gasteiger charge is 2.09. The van der Waals surface area contributed by atoms with E-state index in [4.69, 9.17) is 33.7 Å². The Morgan fingerprint density at radius 1 is 1.10 bits per heavy atom. The lowest BCUT2D eigenvalue weighted by molar-refractivity contribution is 0.482. The zero-order chi connectivity index (χ0) is 15.4. The molecule has 0 aliphatic rings. The summed E-state index contributed by atoms with van der Waals surface area (Å²) in [5, 5.41) is 1.08. The van der Waals surface area contributed by atoms with Gasteiger partial charge in [0, 0.05) is 10.5 Å². The lowest BCUT2D eigenvalue weighted by Gasteiger charge is -2.12. The maximum Gasteiger partial charge on any atom is 0.146 e. The fourth-order valence-electron chi connectivity index (χ4n) is 1.88. The van der Waals surface area contributed by atoms with Crippen LogP contribution in [0.15, 0.2) is 40.9 Å². The summed E-state index contributed by atoms with van der Waals surface area (Å²) in [5.74, 6) is 1.15. The van der Waals surface area contributed by atoms with E-state index in [0.29, 0.717) is 21.5 Å². The molecule has 0 fully saturated rings. The zero-order valence-electron chi connectivity index (χ0n) is 11.6. The van der Waals surface area contributed by atoms with Gasteiger partial charge in [0.2, 0.25) is 0 Å². The predicted molar refractivity (Wildman–Crippen MR) is 92.6 cm³/mol. The molecule has 0 aromatic heterocycles. The minimum Gasteiger partial charge on any atom is -0.454 e. The second-order valence-electron chi connectivity index (χ2n) is 4.81. The van der Waals surface area contributed by atoms with Crippen molar-refractivity contribution in [1.29, 1.82) is 0 Å². The van der Waals surface area contributed by atoms with Crippen molar-refractivity contribution in [2.24, 2.45) is 5.73 Å². The summed E-state index contributed by atoms with van der Waals surface area (Å²) < 4.78 is 6.66. The minimum atomic E-state index is 0.147. The molecule has 21 heavy (non-hydrogen) atoms. The molecule has 2 N–H and O–H groups in total. The summed E-state index contributed by atoms with van der Waals surface area (Å²) in [7, 11) is 0. The second kappa shape index (κ2) is 7.50. The van der Waals surface area contributed by atoms with Gasteiger partial charge >= 0.3 is 0 Å². The molecule has 0 radical (unpaired) electrons. The third-order valence-corrected chi connectivity index (χ3v) is 4.22. The van der Waals surface area contributed by atoms with Crippen molar-refractivity contribution in [3.8, 4) is 11.5 Å². The van der Waals surface area contributed by atoms with E-state index in [2.05, 4.69) is 22.9 Å². The van der Waals surface area contributed by atoms with E-state index >= 15 is 0 Å². The first-order chi connectivity index (χ1) is 9.99. The van der Waals surface area contributed by atoms with Crippen LogP contribution < -0.4 is 10.5 Å². The van der Waals surface area contributed by atoms with Crippen LogP contribution >= 0.6 is 39.1 Å². The molecule has 0 saturated carbocycles. The van der Waals surface area contributed by atoms with Crippen LogP contribution in [0.2, 0.25) is 10.0 Å². The van der Waals surface area contributed by atoms with Crippen molar-refractivity contribution < 1.29 is 4.74 Å². The monoisotopic (exact) mass is 387 g/mol. The molecule has 0 bridgehead atoms. The van der Waals surface area contributed by atoms with E-state index in [0.717, 1.165) is 22.9 Å². The standard InChI is InChI=1S/C16H16BrCl2NO/c1-2-12(20)7-10-3-5-15(13(18)8-10)21-16-6-4-11(17)9-14(16)19/h3-6,8-9,12H,2,7,20H2,1H3. The third-order valence-electron chi connectivity index (χ3n) is 3.13. The van der Waals surface area contributed by atoms with Crippen LogP contribution in [0.1, 0.15) is 18.9 Å². The Hall–Kier alpha value is -0.740. The molecule has 2 nitrogen and oxygen atoms in total. The van der Waals surface area contributed by atoms with Gasteiger partial charge in [-0.25, -0.2) is 0 Å². The van der Waals surface area contributed by atoms with E-state index in [1.165, 1.54) is 0 Å². The van der Waals surface area contributed by atoms with Crippen molar-refractivity contribution >= 4 is 39.1 Å². The molecule has 1 unspecified atom stereocenters. The van der Waals surface area contributed by atoms with Crippen LogP contribution in [-0.2, 0) is 6.42 Å². The molecule has 0 aliphatic heterocycles. The number of ether oxygens (including phenoxy) is 1. The van der Waals surface area contributed by atoms with Gasteiger partial charge in [-0.1, -0.05) is 52.1 Å². The summed E-state index contributed by atoms with van der Waals surface area (Å²) in [6.45, 7) is 2.07. The highest BCUT2D eigenvalue weighted by atomic mass is 79.9. The van der Waals surface area contributed by atoms with Crippen LogP contribution in [0.25, 0.3) is 0 Å². The molecule has 1 atom stereocenters. The van der Waals surface area contributed by atoms with Crippen LogP contribution in [0.5, 0.6) is 11.5 Å². The Morgan fingerprint density at radius 3 is 2.29 bits per heavy atom. The smallest absolute Gasteiger partial charge is 0.146 e. The maximum atomic E-state index is 6.27. The highest BCUT2D eigenvalue weighted by molar-refractivity contribution is 9.10. The topological polar surface area (TPSA) is 35.2 Å². The van der Waals surface area contributed by atoms with Gasteiger partial charge in [0.1, 0.15) is 11.5 Å². The molecule has 2 aromatic carbocycles. The van der Waals surface area contributed by atoms with Gasteiger partial charge in [-0.05, 0) is 48.7 Å². The van der Waals surface area contributed by atoms with Crippen molar-refractivity contribution in [3.05, 3.63) is 56.5 Å². The number of hydrogen-bond acceptors (Lipinski definition) is 2. The van der Waals surface area contributed by atoms with E-state index < -0.39 is 0 Å². The average Bonchev–Trinajstić information content (AvgIpc) is 2.44. The van der Waals surface area contributed by atoms with Gasteiger partial charge in [0.25, 0.3) is 0 Å². The van der Waals surface area contributed by atoms with Gasteiger partial charge in [-0.2, -0.15) is 0 Å². The number of halogens is 3. The Labute approximate surface area is 143 Å². The van der Waals surface area contributed by atoms with Crippen molar-refractivity contribution in [1.82, 2.24) is 0 Å². The molecule has 0 amide bonds. The Kier molecular flexibility index (Phi) is 5.94. The van der Waals surface area contributed by atoms with Crippen LogP contribution in [0.4, 0.5) is 0 Å². The quantitative estimate of drug-likeness (QED) is 0.699. The molecule has 0 spiro atoms.